The van der Waals surface area contributed by atoms with Gasteiger partial charge in [0.15, 0.2) is 0 Å². The zero-order chi connectivity index (χ0) is 8.97. The van der Waals surface area contributed by atoms with E-state index < -0.39 is 0 Å². The van der Waals surface area contributed by atoms with Crippen molar-refractivity contribution >= 4 is 0 Å². The number of rotatable bonds is 4. The summed E-state index contributed by atoms with van der Waals surface area (Å²) in [7, 11) is 2.06. The van der Waals surface area contributed by atoms with Crippen molar-refractivity contribution in [2.24, 2.45) is 5.73 Å². The summed E-state index contributed by atoms with van der Waals surface area (Å²) in [5, 5.41) is 0. The maximum atomic E-state index is 5.66. The predicted molar refractivity (Wildman–Crippen MR) is 48.8 cm³/mol. The molecule has 0 aliphatic rings. The molecule has 68 valence electrons. The maximum absolute atomic E-state index is 5.66. The normalized spacial score (nSPS) is 13.7. The van der Waals surface area contributed by atoms with Gasteiger partial charge in [0.05, 0.1) is 12.5 Å². The molecule has 1 aromatic rings. The van der Waals surface area contributed by atoms with Crippen molar-refractivity contribution in [3.63, 3.8) is 0 Å². The Kier molecular flexibility index (Phi) is 3.31. The largest absolute Gasteiger partial charge is 0.472 e. The lowest BCUT2D eigenvalue weighted by Gasteiger charge is -2.24. The van der Waals surface area contributed by atoms with Crippen molar-refractivity contribution in [3.8, 4) is 0 Å². The molecule has 1 rings (SSSR count). The highest BCUT2D eigenvalue weighted by Gasteiger charge is 2.14. The van der Waals surface area contributed by atoms with E-state index in [4.69, 9.17) is 10.2 Å². The van der Waals surface area contributed by atoms with E-state index in [-0.39, 0.29) is 6.04 Å². The second-order valence-electron chi connectivity index (χ2n) is 2.88. The Balaban J connectivity index is 2.69. The van der Waals surface area contributed by atoms with Crippen LogP contribution in [0.2, 0.25) is 0 Å². The monoisotopic (exact) mass is 168 g/mol. The number of furan rings is 1. The van der Waals surface area contributed by atoms with Crippen molar-refractivity contribution in [1.29, 1.82) is 0 Å². The van der Waals surface area contributed by atoms with E-state index in [1.54, 1.807) is 12.5 Å². The van der Waals surface area contributed by atoms with Crippen LogP contribution in [0.5, 0.6) is 0 Å². The second-order valence-corrected chi connectivity index (χ2v) is 2.88. The van der Waals surface area contributed by atoms with E-state index in [0.717, 1.165) is 12.1 Å². The van der Waals surface area contributed by atoms with Crippen LogP contribution in [0.3, 0.4) is 0 Å². The summed E-state index contributed by atoms with van der Waals surface area (Å²) in [5.41, 5.74) is 6.81. The van der Waals surface area contributed by atoms with E-state index in [1.807, 2.05) is 6.07 Å². The van der Waals surface area contributed by atoms with Crippen molar-refractivity contribution in [2.75, 3.05) is 20.1 Å². The highest BCUT2D eigenvalue weighted by Crippen LogP contribution is 2.17. The minimum absolute atomic E-state index is 0.286. The molecule has 3 nitrogen and oxygen atoms in total. The topological polar surface area (TPSA) is 42.4 Å². The van der Waals surface area contributed by atoms with Gasteiger partial charge in [0, 0.05) is 18.2 Å². The van der Waals surface area contributed by atoms with Crippen LogP contribution in [-0.2, 0) is 0 Å². The number of nitrogens with two attached hydrogens (primary N) is 1. The van der Waals surface area contributed by atoms with Crippen molar-refractivity contribution in [1.82, 2.24) is 4.90 Å². The molecule has 0 fully saturated rings. The standard InChI is InChI=1S/C9H16N2O/c1-3-11(2)9(6-10)8-4-5-12-7-8/h4-5,7,9H,3,6,10H2,1-2H3. The second kappa shape index (κ2) is 4.28. The molecule has 0 spiro atoms. The summed E-state index contributed by atoms with van der Waals surface area (Å²) in [4.78, 5) is 2.20. The molecule has 1 aromatic heterocycles. The zero-order valence-corrected chi connectivity index (χ0v) is 7.66. The van der Waals surface area contributed by atoms with Gasteiger partial charge in [-0.3, -0.25) is 4.90 Å². The third kappa shape index (κ3) is 1.87. The third-order valence-electron chi connectivity index (χ3n) is 2.18. The van der Waals surface area contributed by atoms with Crippen LogP contribution in [-0.4, -0.2) is 25.0 Å². The minimum atomic E-state index is 0.286. The summed E-state index contributed by atoms with van der Waals surface area (Å²) in [6.45, 7) is 3.74. The molecule has 0 aliphatic carbocycles. The lowest BCUT2D eigenvalue weighted by Crippen LogP contribution is -2.29. The van der Waals surface area contributed by atoms with Crippen LogP contribution in [0.15, 0.2) is 23.0 Å². The lowest BCUT2D eigenvalue weighted by atomic mass is 10.1. The van der Waals surface area contributed by atoms with Crippen molar-refractivity contribution in [2.45, 2.75) is 13.0 Å². The number of likely N-dealkylation sites (N-methyl/N-ethyl adjacent to an activating group) is 1. The smallest absolute Gasteiger partial charge is 0.0950 e. The molecule has 0 aliphatic heterocycles. The lowest BCUT2D eigenvalue weighted by molar-refractivity contribution is 0.262. The Morgan fingerprint density at radius 3 is 2.83 bits per heavy atom. The fourth-order valence-corrected chi connectivity index (χ4v) is 1.26. The molecule has 1 atom stereocenters. The van der Waals surface area contributed by atoms with Gasteiger partial charge in [-0.2, -0.15) is 0 Å². The highest BCUT2D eigenvalue weighted by molar-refractivity contribution is 5.11. The van der Waals surface area contributed by atoms with Gasteiger partial charge >= 0.3 is 0 Å². The first-order valence-corrected chi connectivity index (χ1v) is 4.22. The average molecular weight is 168 g/mol. The van der Waals surface area contributed by atoms with E-state index in [0.29, 0.717) is 6.54 Å². The molecule has 0 aromatic carbocycles. The van der Waals surface area contributed by atoms with Gasteiger partial charge in [0.2, 0.25) is 0 Å². The summed E-state index contributed by atoms with van der Waals surface area (Å²) in [5.74, 6) is 0. The first-order valence-electron chi connectivity index (χ1n) is 4.22. The molecule has 1 unspecified atom stereocenters. The number of hydrogen-bond donors (Lipinski definition) is 1. The van der Waals surface area contributed by atoms with Crippen LogP contribution in [0.4, 0.5) is 0 Å². The molecule has 12 heavy (non-hydrogen) atoms. The molecule has 3 heteroatoms. The number of nitrogens with zero attached hydrogens (tertiary/aromatic N) is 1. The Labute approximate surface area is 73.2 Å². The third-order valence-corrected chi connectivity index (χ3v) is 2.18. The van der Waals surface area contributed by atoms with Crippen molar-refractivity contribution in [3.05, 3.63) is 24.2 Å². The van der Waals surface area contributed by atoms with Crippen LogP contribution in [0.1, 0.15) is 18.5 Å². The summed E-state index contributed by atoms with van der Waals surface area (Å²) < 4.78 is 5.01. The Morgan fingerprint density at radius 1 is 1.67 bits per heavy atom. The fourth-order valence-electron chi connectivity index (χ4n) is 1.26. The Hall–Kier alpha value is -0.800. The van der Waals surface area contributed by atoms with E-state index in [2.05, 4.69) is 18.9 Å². The van der Waals surface area contributed by atoms with Crippen LogP contribution in [0, 0.1) is 0 Å². The molecule has 1 heterocycles. The quantitative estimate of drug-likeness (QED) is 0.735. The average Bonchev–Trinajstić information content (AvgIpc) is 2.58. The molecule has 0 amide bonds. The van der Waals surface area contributed by atoms with Gasteiger partial charge in [0.25, 0.3) is 0 Å². The van der Waals surface area contributed by atoms with E-state index in [1.165, 1.54) is 0 Å². The van der Waals surface area contributed by atoms with E-state index >= 15 is 0 Å². The summed E-state index contributed by atoms with van der Waals surface area (Å²) in [6, 6.07) is 2.25. The Bertz CT molecular complexity index is 208. The summed E-state index contributed by atoms with van der Waals surface area (Å²) in [6.07, 6.45) is 3.44. The fraction of sp³-hybridized carbons (Fsp3) is 0.556. The van der Waals surface area contributed by atoms with Crippen molar-refractivity contribution < 1.29 is 4.42 Å². The van der Waals surface area contributed by atoms with Gasteiger partial charge in [-0.25, -0.2) is 0 Å². The minimum Gasteiger partial charge on any atom is -0.472 e. The summed E-state index contributed by atoms with van der Waals surface area (Å²) >= 11 is 0. The highest BCUT2D eigenvalue weighted by atomic mass is 16.3. The zero-order valence-electron chi connectivity index (χ0n) is 7.66. The van der Waals surface area contributed by atoms with E-state index in [9.17, 15) is 0 Å². The molecule has 0 saturated heterocycles. The van der Waals surface area contributed by atoms with Gasteiger partial charge in [-0.05, 0) is 19.7 Å². The van der Waals surface area contributed by atoms with Gasteiger partial charge in [-0.1, -0.05) is 6.92 Å². The van der Waals surface area contributed by atoms with Crippen LogP contribution in [0.25, 0.3) is 0 Å². The maximum Gasteiger partial charge on any atom is 0.0950 e. The molecule has 2 N–H and O–H groups in total. The van der Waals surface area contributed by atoms with Crippen LogP contribution >= 0.6 is 0 Å². The molecule has 0 saturated carbocycles. The number of hydrogen-bond acceptors (Lipinski definition) is 3. The molecule has 0 radical (unpaired) electrons. The first kappa shape index (κ1) is 9.29. The Morgan fingerprint density at radius 2 is 2.42 bits per heavy atom. The van der Waals surface area contributed by atoms with Gasteiger partial charge in [-0.15, -0.1) is 0 Å². The SMILES string of the molecule is CCN(C)C(CN)c1ccoc1. The van der Waals surface area contributed by atoms with Crippen LogP contribution < -0.4 is 5.73 Å². The van der Waals surface area contributed by atoms with Gasteiger partial charge in [0.1, 0.15) is 0 Å². The first-order chi connectivity index (χ1) is 5.79. The molecular formula is C9H16N2O. The molecular weight excluding hydrogens is 152 g/mol. The molecule has 0 bridgehead atoms. The predicted octanol–water partition coefficient (Wildman–Crippen LogP) is 1.23. The van der Waals surface area contributed by atoms with Gasteiger partial charge < -0.3 is 10.2 Å².